The summed E-state index contributed by atoms with van der Waals surface area (Å²) in [5.41, 5.74) is 2.65. The Balaban J connectivity index is 1.62. The smallest absolute Gasteiger partial charge is 0.343 e. The van der Waals surface area contributed by atoms with E-state index in [9.17, 15) is 14.4 Å². The molecule has 3 aromatic rings. The quantitative estimate of drug-likeness (QED) is 0.464. The van der Waals surface area contributed by atoms with Gasteiger partial charge in [0.25, 0.3) is 11.8 Å². The number of amides is 2. The lowest BCUT2D eigenvalue weighted by Gasteiger charge is -2.14. The lowest BCUT2D eigenvalue weighted by atomic mass is 10.1. The van der Waals surface area contributed by atoms with Crippen LogP contribution >= 0.6 is 11.3 Å². The summed E-state index contributed by atoms with van der Waals surface area (Å²) < 4.78 is 5.21. The van der Waals surface area contributed by atoms with E-state index in [0.29, 0.717) is 27.6 Å². The van der Waals surface area contributed by atoms with E-state index in [1.54, 1.807) is 56.3 Å². The number of benzene rings is 2. The van der Waals surface area contributed by atoms with Crippen molar-refractivity contribution in [2.45, 2.75) is 13.8 Å². The van der Waals surface area contributed by atoms with Crippen molar-refractivity contribution in [3.63, 3.8) is 0 Å². The molecule has 0 unspecified atom stereocenters. The topological polar surface area (TPSA) is 109 Å². The molecule has 1 aliphatic heterocycles. The minimum atomic E-state index is -0.601. The number of anilines is 2. The Hall–Kier alpha value is -4.24. The highest BCUT2D eigenvalue weighted by Crippen LogP contribution is 2.30. The molecule has 1 aromatic heterocycles. The molecule has 2 heterocycles. The molecular weight excluding hydrogens is 452 g/mol. The van der Waals surface area contributed by atoms with E-state index in [-0.39, 0.29) is 29.5 Å². The number of amidine groups is 1. The van der Waals surface area contributed by atoms with Crippen LogP contribution < -0.4 is 16.0 Å². The second-order valence-corrected chi connectivity index (χ2v) is 8.24. The molecule has 9 heteroatoms. The number of fused-ring (bicyclic) bond motifs is 1. The van der Waals surface area contributed by atoms with E-state index < -0.39 is 11.9 Å². The van der Waals surface area contributed by atoms with Crippen molar-refractivity contribution >= 4 is 52.0 Å². The van der Waals surface area contributed by atoms with Crippen LogP contribution in [0, 0.1) is 0 Å². The number of carbonyl (C=O) groups is 3. The van der Waals surface area contributed by atoms with Gasteiger partial charge in [-0.05, 0) is 55.6 Å². The van der Waals surface area contributed by atoms with Gasteiger partial charge in [0.1, 0.15) is 11.4 Å². The summed E-state index contributed by atoms with van der Waals surface area (Å²) in [6, 6.07) is 17.3. The zero-order valence-electron chi connectivity index (χ0n) is 18.5. The Labute approximate surface area is 200 Å². The lowest BCUT2D eigenvalue weighted by molar-refractivity contribution is -0.137. The van der Waals surface area contributed by atoms with Gasteiger partial charge in [0.2, 0.25) is 0 Å². The average Bonchev–Trinajstić information content (AvgIpc) is 3.31. The fraction of sp³-hybridized carbons (Fsp3) is 0.120. The largest absolute Gasteiger partial charge is 0.462 e. The van der Waals surface area contributed by atoms with Crippen LogP contribution in [0.15, 0.2) is 82.3 Å². The first-order valence-corrected chi connectivity index (χ1v) is 11.4. The number of hydrogen-bond acceptors (Lipinski definition) is 7. The normalized spacial score (nSPS) is 12.6. The fourth-order valence-electron chi connectivity index (χ4n) is 3.36. The number of rotatable bonds is 5. The second kappa shape index (κ2) is 10.1. The minimum absolute atomic E-state index is 0.0754. The van der Waals surface area contributed by atoms with Crippen LogP contribution in [0.5, 0.6) is 0 Å². The number of hydrogen-bond donors (Lipinski definition) is 3. The SMILES string of the molecule is CCOC(=O)C1=C(C)Nc2ccccc2N=C1NC(=O)c1cccc(NC(=O)c2cccs2)c1. The highest BCUT2D eigenvalue weighted by molar-refractivity contribution is 7.12. The maximum Gasteiger partial charge on any atom is 0.343 e. The van der Waals surface area contributed by atoms with Crippen LogP contribution in [-0.2, 0) is 9.53 Å². The highest BCUT2D eigenvalue weighted by atomic mass is 32.1. The number of esters is 1. The molecule has 0 bridgehead atoms. The summed E-state index contributed by atoms with van der Waals surface area (Å²) in [7, 11) is 0. The maximum absolute atomic E-state index is 13.1. The highest BCUT2D eigenvalue weighted by Gasteiger charge is 2.26. The molecular formula is C25H22N4O4S. The number of thiophene rings is 1. The zero-order valence-corrected chi connectivity index (χ0v) is 19.4. The number of carbonyl (C=O) groups excluding carboxylic acids is 3. The molecule has 172 valence electrons. The first kappa shape index (κ1) is 22.9. The Bertz CT molecular complexity index is 1310. The van der Waals surface area contributed by atoms with E-state index >= 15 is 0 Å². The molecule has 0 spiro atoms. The second-order valence-electron chi connectivity index (χ2n) is 7.29. The van der Waals surface area contributed by atoms with Gasteiger partial charge in [-0.15, -0.1) is 11.3 Å². The van der Waals surface area contributed by atoms with Gasteiger partial charge in [-0.2, -0.15) is 0 Å². The van der Waals surface area contributed by atoms with Gasteiger partial charge in [-0.3, -0.25) is 9.59 Å². The van der Waals surface area contributed by atoms with Gasteiger partial charge in [0.05, 0.1) is 22.9 Å². The van der Waals surface area contributed by atoms with Crippen molar-refractivity contribution < 1.29 is 19.1 Å². The fourth-order valence-corrected chi connectivity index (χ4v) is 3.98. The molecule has 34 heavy (non-hydrogen) atoms. The Morgan fingerprint density at radius 2 is 1.82 bits per heavy atom. The molecule has 0 fully saturated rings. The zero-order chi connectivity index (χ0) is 24.1. The number of allylic oxidation sites excluding steroid dienone is 1. The molecule has 0 saturated heterocycles. The molecule has 3 N–H and O–H groups in total. The minimum Gasteiger partial charge on any atom is -0.462 e. The van der Waals surface area contributed by atoms with Gasteiger partial charge >= 0.3 is 5.97 Å². The summed E-state index contributed by atoms with van der Waals surface area (Å²) in [4.78, 5) is 43.3. The summed E-state index contributed by atoms with van der Waals surface area (Å²) in [5, 5.41) is 10.5. The van der Waals surface area contributed by atoms with E-state index in [0.717, 1.165) is 0 Å². The molecule has 2 amide bonds. The first-order chi connectivity index (χ1) is 16.5. The molecule has 1 aliphatic rings. The van der Waals surface area contributed by atoms with Crippen LogP contribution in [0.4, 0.5) is 17.1 Å². The number of aliphatic imine (C=N–C) groups is 1. The average molecular weight is 475 g/mol. The van der Waals surface area contributed by atoms with Gasteiger partial charge in [0, 0.05) is 16.9 Å². The van der Waals surface area contributed by atoms with Crippen molar-refractivity contribution in [2.24, 2.45) is 4.99 Å². The Kier molecular flexibility index (Phi) is 6.84. The van der Waals surface area contributed by atoms with Crippen molar-refractivity contribution in [1.29, 1.82) is 0 Å². The van der Waals surface area contributed by atoms with Crippen molar-refractivity contribution in [2.75, 3.05) is 17.2 Å². The Morgan fingerprint density at radius 1 is 1.00 bits per heavy atom. The third-order valence-corrected chi connectivity index (χ3v) is 5.78. The molecule has 0 saturated carbocycles. The number of ether oxygens (including phenoxy) is 1. The summed E-state index contributed by atoms with van der Waals surface area (Å²) in [6.07, 6.45) is 0. The molecule has 4 rings (SSSR count). The number of para-hydroxylation sites is 2. The monoisotopic (exact) mass is 474 g/mol. The van der Waals surface area contributed by atoms with Gasteiger partial charge < -0.3 is 20.7 Å². The van der Waals surface area contributed by atoms with Gasteiger partial charge in [-0.25, -0.2) is 9.79 Å². The molecule has 0 radical (unpaired) electrons. The number of nitrogens with one attached hydrogen (secondary N) is 3. The number of nitrogens with zero attached hydrogens (tertiary/aromatic N) is 1. The van der Waals surface area contributed by atoms with Crippen LogP contribution in [-0.4, -0.2) is 30.2 Å². The Morgan fingerprint density at radius 3 is 2.59 bits per heavy atom. The molecule has 0 aliphatic carbocycles. The van der Waals surface area contributed by atoms with E-state index in [4.69, 9.17) is 4.74 Å². The molecule has 2 aromatic carbocycles. The predicted octanol–water partition coefficient (Wildman–Crippen LogP) is 4.72. The van der Waals surface area contributed by atoms with E-state index in [2.05, 4.69) is 20.9 Å². The van der Waals surface area contributed by atoms with Crippen LogP contribution in [0.25, 0.3) is 0 Å². The predicted molar refractivity (Wildman–Crippen MR) is 133 cm³/mol. The van der Waals surface area contributed by atoms with E-state index in [1.807, 2.05) is 23.6 Å². The van der Waals surface area contributed by atoms with Crippen molar-refractivity contribution in [3.05, 3.63) is 87.8 Å². The summed E-state index contributed by atoms with van der Waals surface area (Å²) in [6.45, 7) is 3.60. The van der Waals surface area contributed by atoms with Gasteiger partial charge in [-0.1, -0.05) is 24.3 Å². The summed E-state index contributed by atoms with van der Waals surface area (Å²) >= 11 is 1.33. The van der Waals surface area contributed by atoms with Gasteiger partial charge in [0.15, 0.2) is 0 Å². The maximum atomic E-state index is 13.1. The molecule has 0 atom stereocenters. The third-order valence-electron chi connectivity index (χ3n) is 4.91. The van der Waals surface area contributed by atoms with Crippen LogP contribution in [0.3, 0.4) is 0 Å². The third kappa shape index (κ3) is 5.05. The van der Waals surface area contributed by atoms with Crippen LogP contribution in [0.2, 0.25) is 0 Å². The van der Waals surface area contributed by atoms with Crippen molar-refractivity contribution in [1.82, 2.24) is 5.32 Å². The first-order valence-electron chi connectivity index (χ1n) is 10.6. The summed E-state index contributed by atoms with van der Waals surface area (Å²) in [5.74, 6) is -1.27. The lowest BCUT2D eigenvalue weighted by Crippen LogP contribution is -2.35. The van der Waals surface area contributed by atoms with E-state index in [1.165, 1.54) is 11.3 Å². The standard InChI is InChI=1S/C25H22N4O4S/c1-3-33-25(32)21-15(2)26-18-10-4-5-11-19(18)28-22(21)29-23(30)16-8-6-9-17(14-16)27-24(31)20-12-7-13-34-20/h4-14,26H,3H2,1-2H3,(H,27,31)(H,28,29,30). The molecule has 8 nitrogen and oxygen atoms in total. The van der Waals surface area contributed by atoms with Crippen LogP contribution in [0.1, 0.15) is 33.9 Å². The van der Waals surface area contributed by atoms with Crippen molar-refractivity contribution in [3.8, 4) is 0 Å².